The van der Waals surface area contributed by atoms with E-state index in [-0.39, 0.29) is 12.1 Å². The maximum absolute atomic E-state index is 13.2. The van der Waals surface area contributed by atoms with Gasteiger partial charge in [0.25, 0.3) is 5.91 Å². The van der Waals surface area contributed by atoms with Gasteiger partial charge in [0.05, 0.1) is 0 Å². The summed E-state index contributed by atoms with van der Waals surface area (Å²) in [6, 6.07) is 2.67. The third-order valence-electron chi connectivity index (χ3n) is 1.95. The molecule has 1 saturated heterocycles. The lowest BCUT2D eigenvalue weighted by Crippen LogP contribution is -2.36. The summed E-state index contributed by atoms with van der Waals surface area (Å²) in [7, 11) is 0. The van der Waals surface area contributed by atoms with Crippen LogP contribution in [-0.4, -0.2) is 11.8 Å². The Balaban J connectivity index is 2.41. The molecule has 0 bridgehead atoms. The highest BCUT2D eigenvalue weighted by atomic mass is 19.1. The molecule has 0 aromatic heterocycles. The number of hydrazine groups is 1. The van der Waals surface area contributed by atoms with Crippen molar-refractivity contribution in [2.24, 2.45) is 0 Å². The van der Waals surface area contributed by atoms with Crippen LogP contribution in [0.4, 0.5) is 14.5 Å². The van der Waals surface area contributed by atoms with Crippen LogP contribution in [-0.2, 0) is 9.59 Å². The first kappa shape index (κ1) is 9.57. The van der Waals surface area contributed by atoms with Crippen molar-refractivity contribution in [2.75, 3.05) is 5.01 Å². The van der Waals surface area contributed by atoms with Gasteiger partial charge < -0.3 is 0 Å². The molecule has 2 rings (SSSR count). The summed E-state index contributed by atoms with van der Waals surface area (Å²) in [5.41, 5.74) is 1.84. The first-order chi connectivity index (χ1) is 7.08. The van der Waals surface area contributed by atoms with Crippen LogP contribution in [0, 0.1) is 11.6 Å². The molecule has 0 radical (unpaired) electrons. The van der Waals surface area contributed by atoms with E-state index in [4.69, 9.17) is 0 Å². The van der Waals surface area contributed by atoms with Crippen molar-refractivity contribution in [3.8, 4) is 0 Å². The number of amides is 2. The molecule has 78 valence electrons. The molecule has 0 saturated carbocycles. The van der Waals surface area contributed by atoms with Gasteiger partial charge in [-0.3, -0.25) is 15.0 Å². The SMILES string of the molecule is O=C1CC(=O)N(c2cc(F)ccc2F)N1. The smallest absolute Gasteiger partial charge is 0.255 e. The van der Waals surface area contributed by atoms with Crippen molar-refractivity contribution >= 4 is 17.5 Å². The predicted molar refractivity (Wildman–Crippen MR) is 46.6 cm³/mol. The Kier molecular flexibility index (Phi) is 2.11. The van der Waals surface area contributed by atoms with Gasteiger partial charge in [0, 0.05) is 6.07 Å². The third kappa shape index (κ3) is 1.65. The first-order valence-corrected chi connectivity index (χ1v) is 4.15. The van der Waals surface area contributed by atoms with E-state index in [0.29, 0.717) is 5.01 Å². The van der Waals surface area contributed by atoms with Crippen molar-refractivity contribution in [3.05, 3.63) is 29.8 Å². The Bertz CT molecular complexity index is 448. The van der Waals surface area contributed by atoms with Gasteiger partial charge in [0.2, 0.25) is 5.91 Å². The van der Waals surface area contributed by atoms with E-state index < -0.39 is 23.4 Å². The van der Waals surface area contributed by atoms with Crippen LogP contribution in [0.25, 0.3) is 0 Å². The van der Waals surface area contributed by atoms with Gasteiger partial charge in [-0.1, -0.05) is 0 Å². The maximum atomic E-state index is 13.2. The summed E-state index contributed by atoms with van der Waals surface area (Å²) in [6.45, 7) is 0. The maximum Gasteiger partial charge on any atom is 0.255 e. The molecule has 1 heterocycles. The zero-order valence-electron chi connectivity index (χ0n) is 7.46. The largest absolute Gasteiger partial charge is 0.273 e. The van der Waals surface area contributed by atoms with E-state index in [1.54, 1.807) is 0 Å². The molecule has 0 atom stereocenters. The van der Waals surface area contributed by atoms with E-state index in [2.05, 4.69) is 5.43 Å². The molecule has 1 aliphatic heterocycles. The number of halogens is 2. The number of hydrogen-bond acceptors (Lipinski definition) is 2. The molecule has 0 aliphatic carbocycles. The minimum Gasteiger partial charge on any atom is -0.273 e. The van der Waals surface area contributed by atoms with Crippen LogP contribution in [0.15, 0.2) is 18.2 Å². The van der Waals surface area contributed by atoms with Gasteiger partial charge in [0.1, 0.15) is 23.7 Å². The summed E-state index contributed by atoms with van der Waals surface area (Å²) < 4.78 is 26.0. The molecule has 0 unspecified atom stereocenters. The van der Waals surface area contributed by atoms with Crippen molar-refractivity contribution in [2.45, 2.75) is 6.42 Å². The normalized spacial score (nSPS) is 15.7. The topological polar surface area (TPSA) is 49.4 Å². The Morgan fingerprint density at radius 3 is 2.60 bits per heavy atom. The van der Waals surface area contributed by atoms with Gasteiger partial charge in [-0.05, 0) is 12.1 Å². The molecule has 4 nitrogen and oxygen atoms in total. The zero-order chi connectivity index (χ0) is 11.0. The Morgan fingerprint density at radius 1 is 1.27 bits per heavy atom. The van der Waals surface area contributed by atoms with Crippen LogP contribution in [0.2, 0.25) is 0 Å². The quantitative estimate of drug-likeness (QED) is 0.698. The van der Waals surface area contributed by atoms with Gasteiger partial charge in [-0.2, -0.15) is 0 Å². The number of nitrogens with zero attached hydrogens (tertiary/aromatic N) is 1. The van der Waals surface area contributed by atoms with Gasteiger partial charge >= 0.3 is 0 Å². The van der Waals surface area contributed by atoms with Crippen molar-refractivity contribution in [1.82, 2.24) is 5.43 Å². The Hall–Kier alpha value is -1.98. The standard InChI is InChI=1S/C9H6F2N2O2/c10-5-1-2-6(11)7(3-5)13-9(15)4-8(14)12-13/h1-3H,4H2,(H,12,14). The summed E-state index contributed by atoms with van der Waals surface area (Å²) in [5, 5.41) is 0.709. The number of hydrogen-bond donors (Lipinski definition) is 1. The fraction of sp³-hybridized carbons (Fsp3) is 0.111. The fourth-order valence-corrected chi connectivity index (χ4v) is 1.29. The lowest BCUT2D eigenvalue weighted by atomic mass is 10.3. The van der Waals surface area contributed by atoms with Crippen LogP contribution in [0.3, 0.4) is 0 Å². The van der Waals surface area contributed by atoms with E-state index in [1.807, 2.05) is 0 Å². The Morgan fingerprint density at radius 2 is 2.00 bits per heavy atom. The summed E-state index contributed by atoms with van der Waals surface area (Å²) in [4.78, 5) is 22.0. The predicted octanol–water partition coefficient (Wildman–Crippen LogP) is 0.733. The molecule has 15 heavy (non-hydrogen) atoms. The van der Waals surface area contributed by atoms with Crippen LogP contribution >= 0.6 is 0 Å². The summed E-state index contributed by atoms with van der Waals surface area (Å²) >= 11 is 0. The van der Waals surface area contributed by atoms with Gasteiger partial charge in [-0.15, -0.1) is 0 Å². The lowest BCUT2D eigenvalue weighted by Gasteiger charge is -2.15. The number of benzene rings is 1. The van der Waals surface area contributed by atoms with E-state index >= 15 is 0 Å². The Labute approximate surface area is 83.5 Å². The van der Waals surface area contributed by atoms with Crippen LogP contribution in [0.5, 0.6) is 0 Å². The number of carbonyl (C=O) groups is 2. The molecule has 0 spiro atoms. The fourth-order valence-electron chi connectivity index (χ4n) is 1.29. The van der Waals surface area contributed by atoms with E-state index in [1.165, 1.54) is 0 Å². The number of nitrogens with one attached hydrogen (secondary N) is 1. The number of rotatable bonds is 1. The molecule has 1 fully saturated rings. The molecule has 1 N–H and O–H groups in total. The molecular weight excluding hydrogens is 206 g/mol. The molecule has 2 amide bonds. The van der Waals surface area contributed by atoms with Crippen molar-refractivity contribution < 1.29 is 18.4 Å². The molecule has 6 heteroatoms. The molecule has 1 aromatic carbocycles. The summed E-state index contributed by atoms with van der Waals surface area (Å²) in [6.07, 6.45) is -0.351. The number of anilines is 1. The van der Waals surface area contributed by atoms with E-state index in [9.17, 15) is 18.4 Å². The zero-order valence-corrected chi connectivity index (χ0v) is 7.46. The highest BCUT2D eigenvalue weighted by Gasteiger charge is 2.30. The molecule has 1 aliphatic rings. The second-order valence-electron chi connectivity index (χ2n) is 3.04. The second-order valence-corrected chi connectivity index (χ2v) is 3.04. The highest BCUT2D eigenvalue weighted by Crippen LogP contribution is 2.21. The van der Waals surface area contributed by atoms with Crippen molar-refractivity contribution in [3.63, 3.8) is 0 Å². The van der Waals surface area contributed by atoms with Crippen molar-refractivity contribution in [1.29, 1.82) is 0 Å². The van der Waals surface area contributed by atoms with Gasteiger partial charge in [0.15, 0.2) is 0 Å². The van der Waals surface area contributed by atoms with E-state index in [0.717, 1.165) is 18.2 Å². The average Bonchev–Trinajstić information content (AvgIpc) is 2.50. The van der Waals surface area contributed by atoms with Gasteiger partial charge in [-0.25, -0.2) is 13.8 Å². The minimum absolute atomic E-state index is 0.286. The first-order valence-electron chi connectivity index (χ1n) is 4.15. The van der Waals surface area contributed by atoms with Crippen LogP contribution in [0.1, 0.15) is 6.42 Å². The molecular formula is C9H6F2N2O2. The minimum atomic E-state index is -0.771. The highest BCUT2D eigenvalue weighted by molar-refractivity contribution is 6.11. The number of carbonyl (C=O) groups excluding carboxylic acids is 2. The monoisotopic (exact) mass is 212 g/mol. The molecule has 1 aromatic rings. The van der Waals surface area contributed by atoms with Crippen LogP contribution < -0.4 is 10.4 Å². The lowest BCUT2D eigenvalue weighted by molar-refractivity contribution is -0.122. The summed E-state index contributed by atoms with van der Waals surface area (Å²) in [5.74, 6) is -2.60. The second kappa shape index (κ2) is 3.30. The third-order valence-corrected chi connectivity index (χ3v) is 1.95. The average molecular weight is 212 g/mol.